The predicted octanol–water partition coefficient (Wildman–Crippen LogP) is 4.48. The number of halogens is 1. The largest absolute Gasteiger partial charge is 0.493 e. The third kappa shape index (κ3) is 3.91. The van der Waals surface area contributed by atoms with E-state index in [-0.39, 0.29) is 12.1 Å². The number of carbonyl (C=O) groups excluding carboxylic acids is 1. The van der Waals surface area contributed by atoms with Crippen LogP contribution in [0.15, 0.2) is 30.6 Å². The highest BCUT2D eigenvalue weighted by atomic mass is 35.5. The van der Waals surface area contributed by atoms with E-state index in [1.54, 1.807) is 25.3 Å². The number of fused-ring (bicyclic) bond motifs is 3. The van der Waals surface area contributed by atoms with Crippen molar-refractivity contribution in [2.24, 2.45) is 0 Å². The summed E-state index contributed by atoms with van der Waals surface area (Å²) in [7, 11) is 1.57. The second kappa shape index (κ2) is 8.58. The summed E-state index contributed by atoms with van der Waals surface area (Å²) in [4.78, 5) is 20.9. The van der Waals surface area contributed by atoms with Crippen molar-refractivity contribution in [1.82, 2.24) is 15.3 Å². The molecule has 0 saturated heterocycles. The van der Waals surface area contributed by atoms with Crippen LogP contribution in [0.1, 0.15) is 19.3 Å². The normalized spacial score (nSPS) is 15.1. The molecule has 166 valence electrons. The summed E-state index contributed by atoms with van der Waals surface area (Å²) in [6.07, 6.45) is 4.64. The first-order valence-electron chi connectivity index (χ1n) is 10.4. The van der Waals surface area contributed by atoms with Gasteiger partial charge in [-0.25, -0.2) is 14.8 Å². The van der Waals surface area contributed by atoms with Crippen LogP contribution in [0.5, 0.6) is 17.2 Å². The van der Waals surface area contributed by atoms with Gasteiger partial charge in [0.15, 0.2) is 11.5 Å². The topological polar surface area (TPSA) is 107 Å². The van der Waals surface area contributed by atoms with E-state index < -0.39 is 0 Å². The number of urea groups is 1. The first-order chi connectivity index (χ1) is 15.6. The quantitative estimate of drug-likeness (QED) is 0.520. The van der Waals surface area contributed by atoms with Crippen LogP contribution in [-0.4, -0.2) is 42.4 Å². The van der Waals surface area contributed by atoms with Gasteiger partial charge in [-0.05, 0) is 37.5 Å². The fraction of sp³-hybridized carbons (Fsp3) is 0.318. The number of hydrogen-bond acceptors (Lipinski definition) is 7. The molecule has 2 heterocycles. The van der Waals surface area contributed by atoms with Crippen molar-refractivity contribution in [3.63, 3.8) is 0 Å². The summed E-state index contributed by atoms with van der Waals surface area (Å²) in [5.74, 6) is 2.15. The molecule has 2 amide bonds. The van der Waals surface area contributed by atoms with E-state index in [2.05, 4.69) is 25.9 Å². The summed E-state index contributed by atoms with van der Waals surface area (Å²) < 4.78 is 17.1. The Morgan fingerprint density at radius 2 is 1.97 bits per heavy atom. The van der Waals surface area contributed by atoms with Crippen molar-refractivity contribution in [2.75, 3.05) is 31.0 Å². The highest BCUT2D eigenvalue weighted by Gasteiger charge is 2.24. The average molecular weight is 456 g/mol. The molecule has 0 unspecified atom stereocenters. The van der Waals surface area contributed by atoms with Crippen molar-refractivity contribution in [3.05, 3.63) is 35.6 Å². The first kappa shape index (κ1) is 20.4. The zero-order valence-corrected chi connectivity index (χ0v) is 18.2. The van der Waals surface area contributed by atoms with Gasteiger partial charge in [0.05, 0.1) is 28.7 Å². The Bertz CT molecular complexity index is 1180. The van der Waals surface area contributed by atoms with E-state index in [9.17, 15) is 4.79 Å². The van der Waals surface area contributed by atoms with E-state index in [4.69, 9.17) is 25.8 Å². The van der Waals surface area contributed by atoms with Gasteiger partial charge in [0, 0.05) is 17.8 Å². The number of nitrogens with one attached hydrogen (secondary N) is 3. The van der Waals surface area contributed by atoms with Crippen molar-refractivity contribution < 1.29 is 19.0 Å². The summed E-state index contributed by atoms with van der Waals surface area (Å²) in [6, 6.07) is 7.06. The molecule has 10 heteroatoms. The van der Waals surface area contributed by atoms with Crippen LogP contribution in [0.25, 0.3) is 10.9 Å². The third-order valence-corrected chi connectivity index (χ3v) is 5.83. The van der Waals surface area contributed by atoms with Crippen molar-refractivity contribution >= 4 is 45.7 Å². The third-order valence-electron chi connectivity index (χ3n) is 5.52. The molecule has 1 saturated carbocycles. The lowest BCUT2D eigenvalue weighted by Gasteiger charge is -2.26. The monoisotopic (exact) mass is 455 g/mol. The van der Waals surface area contributed by atoms with Crippen molar-refractivity contribution in [3.8, 4) is 17.2 Å². The number of anilines is 3. The number of amides is 2. The fourth-order valence-electron chi connectivity index (χ4n) is 3.68. The van der Waals surface area contributed by atoms with Crippen LogP contribution in [0, 0.1) is 0 Å². The van der Waals surface area contributed by atoms with E-state index in [1.165, 1.54) is 6.33 Å². The molecule has 1 aromatic heterocycles. The Balaban J connectivity index is 1.42. The number of nitrogens with zero attached hydrogens (tertiary/aromatic N) is 2. The van der Waals surface area contributed by atoms with E-state index in [1.807, 2.05) is 6.07 Å². The molecule has 2 aromatic carbocycles. The van der Waals surface area contributed by atoms with Gasteiger partial charge in [0.1, 0.15) is 25.4 Å². The van der Waals surface area contributed by atoms with Gasteiger partial charge in [0.25, 0.3) is 0 Å². The standard InChI is InChI=1S/C22H22ClN5O4/c1-30-17-10-16-18(20-19(17)31-7-8-32-20)21(25-11-24-16)26-13-5-6-15(14(23)9-13)28-22(29)27-12-3-2-4-12/h5-6,9-12H,2-4,7-8H2,1H3,(H,24,25,26)(H2,27,28,29). The Labute approximate surface area is 189 Å². The van der Waals surface area contributed by atoms with Gasteiger partial charge in [0.2, 0.25) is 5.75 Å². The first-order valence-corrected chi connectivity index (χ1v) is 10.8. The Kier molecular flexibility index (Phi) is 5.48. The Hall–Kier alpha value is -3.46. The van der Waals surface area contributed by atoms with E-state index in [0.717, 1.165) is 19.3 Å². The van der Waals surface area contributed by atoms with Gasteiger partial charge in [-0.3, -0.25) is 0 Å². The number of ether oxygens (including phenoxy) is 3. The summed E-state index contributed by atoms with van der Waals surface area (Å²) in [5, 5.41) is 10.1. The summed E-state index contributed by atoms with van der Waals surface area (Å²) in [5.41, 5.74) is 1.88. The molecule has 0 atom stereocenters. The minimum atomic E-state index is -0.253. The van der Waals surface area contributed by atoms with Crippen LogP contribution in [0.2, 0.25) is 5.02 Å². The van der Waals surface area contributed by atoms with Gasteiger partial charge >= 0.3 is 6.03 Å². The van der Waals surface area contributed by atoms with Crippen LogP contribution in [0.4, 0.5) is 22.0 Å². The molecule has 1 fully saturated rings. The molecule has 1 aliphatic carbocycles. The molecular weight excluding hydrogens is 434 g/mol. The molecule has 0 radical (unpaired) electrons. The lowest BCUT2D eigenvalue weighted by atomic mass is 9.93. The molecule has 5 rings (SSSR count). The zero-order valence-electron chi connectivity index (χ0n) is 17.4. The Morgan fingerprint density at radius 1 is 1.16 bits per heavy atom. The molecule has 2 aliphatic rings. The minimum absolute atomic E-state index is 0.247. The van der Waals surface area contributed by atoms with E-state index >= 15 is 0 Å². The van der Waals surface area contributed by atoms with Gasteiger partial charge in [-0.2, -0.15) is 0 Å². The zero-order chi connectivity index (χ0) is 22.1. The van der Waals surface area contributed by atoms with Crippen molar-refractivity contribution in [2.45, 2.75) is 25.3 Å². The number of carbonyl (C=O) groups is 1. The maximum Gasteiger partial charge on any atom is 0.319 e. The van der Waals surface area contributed by atoms with E-state index in [0.29, 0.717) is 63.6 Å². The van der Waals surface area contributed by atoms with Crippen molar-refractivity contribution in [1.29, 1.82) is 0 Å². The number of benzene rings is 2. The van der Waals surface area contributed by atoms with Crippen LogP contribution in [0.3, 0.4) is 0 Å². The number of methoxy groups -OCH3 is 1. The van der Waals surface area contributed by atoms with Gasteiger partial charge in [-0.15, -0.1) is 0 Å². The number of rotatable bonds is 5. The number of hydrogen-bond donors (Lipinski definition) is 3. The maximum atomic E-state index is 12.1. The lowest BCUT2D eigenvalue weighted by Crippen LogP contribution is -2.41. The predicted molar refractivity (Wildman–Crippen MR) is 122 cm³/mol. The van der Waals surface area contributed by atoms with Gasteiger partial charge < -0.3 is 30.2 Å². The molecule has 0 spiro atoms. The highest BCUT2D eigenvalue weighted by molar-refractivity contribution is 6.34. The molecule has 0 bridgehead atoms. The van der Waals surface area contributed by atoms with Crippen LogP contribution >= 0.6 is 11.6 Å². The molecule has 32 heavy (non-hydrogen) atoms. The molecule has 9 nitrogen and oxygen atoms in total. The smallest absolute Gasteiger partial charge is 0.319 e. The maximum absolute atomic E-state index is 12.1. The molecule has 3 aromatic rings. The van der Waals surface area contributed by atoms with Crippen LogP contribution < -0.4 is 30.2 Å². The number of aromatic nitrogens is 2. The second-order valence-corrected chi connectivity index (χ2v) is 8.00. The molecule has 3 N–H and O–H groups in total. The second-order valence-electron chi connectivity index (χ2n) is 7.60. The summed E-state index contributed by atoms with van der Waals surface area (Å²) >= 11 is 6.42. The fourth-order valence-corrected chi connectivity index (χ4v) is 3.91. The SMILES string of the molecule is COc1cc2ncnc(Nc3ccc(NC(=O)NC4CCC4)c(Cl)c3)c2c2c1OCCO2. The van der Waals surface area contributed by atoms with Gasteiger partial charge in [-0.1, -0.05) is 11.6 Å². The van der Waals surface area contributed by atoms with Crippen LogP contribution in [-0.2, 0) is 0 Å². The Morgan fingerprint density at radius 3 is 2.69 bits per heavy atom. The minimum Gasteiger partial charge on any atom is -0.493 e. The summed E-state index contributed by atoms with van der Waals surface area (Å²) in [6.45, 7) is 0.850. The lowest BCUT2D eigenvalue weighted by molar-refractivity contribution is 0.167. The highest BCUT2D eigenvalue weighted by Crippen LogP contribution is 2.47. The molecule has 1 aliphatic heterocycles. The molecular formula is C22H22ClN5O4. The average Bonchev–Trinajstić information content (AvgIpc) is 2.77.